The fraction of sp³-hybridized carbons (Fsp3) is 0.154. The molecule has 2 rings (SSSR count). The van der Waals surface area contributed by atoms with E-state index in [2.05, 4.69) is 10.2 Å². The maximum Gasteiger partial charge on any atom is 0.343 e. The molecule has 1 aromatic carbocycles. The number of aromatic nitrogens is 3. The second kappa shape index (κ2) is 6.40. The number of benzene rings is 1. The molecule has 0 aliphatic carbocycles. The maximum atomic E-state index is 13.5. The van der Waals surface area contributed by atoms with Crippen LogP contribution in [0.2, 0.25) is 0 Å². The van der Waals surface area contributed by atoms with Crippen LogP contribution in [0.3, 0.4) is 0 Å². The van der Waals surface area contributed by atoms with E-state index in [9.17, 15) is 14.0 Å². The topological polar surface area (TPSA) is 88.0 Å². The summed E-state index contributed by atoms with van der Waals surface area (Å²) in [5.74, 6) is -1.14. The Balaban J connectivity index is 2.15. The first-order valence-electron chi connectivity index (χ1n) is 5.90. The van der Waals surface area contributed by atoms with Crippen molar-refractivity contribution >= 4 is 23.8 Å². The third-order valence-electron chi connectivity index (χ3n) is 2.60. The summed E-state index contributed by atoms with van der Waals surface area (Å²) in [6.07, 6.45) is 2.27. The highest BCUT2D eigenvalue weighted by molar-refractivity contribution is 7.98. The molecule has 0 bridgehead atoms. The molecule has 2 N–H and O–H groups in total. The molecular weight excluding hydrogens is 297 g/mol. The summed E-state index contributed by atoms with van der Waals surface area (Å²) in [7, 11) is 1.58. The van der Waals surface area contributed by atoms with Gasteiger partial charge in [0.15, 0.2) is 5.16 Å². The average Bonchev–Trinajstić information content (AvgIpc) is 2.74. The molecule has 0 unspecified atom stereocenters. The number of carboxylic acid groups (broad SMARTS) is 1. The van der Waals surface area contributed by atoms with Gasteiger partial charge in [0.2, 0.25) is 0 Å². The van der Waals surface area contributed by atoms with Crippen LogP contribution in [-0.4, -0.2) is 25.8 Å². The minimum Gasteiger partial charge on any atom is -0.478 e. The SMILES string of the molecule is Cn1c(SCc2cc(F)cc(C=CC(=O)O)c2)n[nH]c1=O. The van der Waals surface area contributed by atoms with Crippen LogP contribution < -0.4 is 5.69 Å². The van der Waals surface area contributed by atoms with Crippen molar-refractivity contribution in [1.82, 2.24) is 14.8 Å². The van der Waals surface area contributed by atoms with E-state index < -0.39 is 11.8 Å². The van der Waals surface area contributed by atoms with Gasteiger partial charge in [0.05, 0.1) is 0 Å². The number of hydrogen-bond donors (Lipinski definition) is 2. The summed E-state index contributed by atoms with van der Waals surface area (Å²) in [4.78, 5) is 21.7. The molecule has 0 atom stereocenters. The molecule has 0 radical (unpaired) electrons. The van der Waals surface area contributed by atoms with Crippen molar-refractivity contribution in [3.63, 3.8) is 0 Å². The van der Waals surface area contributed by atoms with Gasteiger partial charge in [-0.25, -0.2) is 19.1 Å². The zero-order chi connectivity index (χ0) is 15.4. The van der Waals surface area contributed by atoms with Gasteiger partial charge in [-0.3, -0.25) is 4.57 Å². The zero-order valence-corrected chi connectivity index (χ0v) is 11.9. The van der Waals surface area contributed by atoms with Gasteiger partial charge in [-0.1, -0.05) is 17.8 Å². The smallest absolute Gasteiger partial charge is 0.343 e. The summed E-state index contributed by atoms with van der Waals surface area (Å²) in [5, 5.41) is 15.2. The molecule has 0 aliphatic heterocycles. The lowest BCUT2D eigenvalue weighted by Crippen LogP contribution is -2.12. The van der Waals surface area contributed by atoms with Crippen LogP contribution >= 0.6 is 11.8 Å². The van der Waals surface area contributed by atoms with E-state index in [0.29, 0.717) is 22.0 Å². The Morgan fingerprint density at radius 1 is 1.52 bits per heavy atom. The van der Waals surface area contributed by atoms with Crippen LogP contribution in [0.5, 0.6) is 0 Å². The number of aromatic amines is 1. The summed E-state index contributed by atoms with van der Waals surface area (Å²) < 4.78 is 14.9. The van der Waals surface area contributed by atoms with Crippen molar-refractivity contribution < 1.29 is 14.3 Å². The third kappa shape index (κ3) is 4.06. The van der Waals surface area contributed by atoms with Gasteiger partial charge in [0.1, 0.15) is 5.82 Å². The molecule has 110 valence electrons. The number of carboxylic acids is 1. The maximum absolute atomic E-state index is 13.5. The van der Waals surface area contributed by atoms with E-state index in [-0.39, 0.29) is 5.69 Å². The minimum atomic E-state index is -1.10. The monoisotopic (exact) mass is 309 g/mol. The number of thioether (sulfide) groups is 1. The van der Waals surface area contributed by atoms with Crippen LogP contribution in [0.25, 0.3) is 6.08 Å². The lowest BCUT2D eigenvalue weighted by atomic mass is 10.1. The van der Waals surface area contributed by atoms with Gasteiger partial charge in [0.25, 0.3) is 0 Å². The molecule has 0 saturated heterocycles. The van der Waals surface area contributed by atoms with Crippen LogP contribution in [-0.2, 0) is 17.6 Å². The van der Waals surface area contributed by atoms with E-state index in [1.807, 2.05) is 0 Å². The lowest BCUT2D eigenvalue weighted by Gasteiger charge is -2.03. The molecule has 0 saturated carbocycles. The number of H-pyrrole nitrogens is 1. The first-order valence-corrected chi connectivity index (χ1v) is 6.89. The number of nitrogens with zero attached hydrogens (tertiary/aromatic N) is 2. The van der Waals surface area contributed by atoms with E-state index >= 15 is 0 Å². The number of hydrogen-bond acceptors (Lipinski definition) is 4. The Kier molecular flexibility index (Phi) is 4.59. The fourth-order valence-electron chi connectivity index (χ4n) is 1.63. The first kappa shape index (κ1) is 15.0. The van der Waals surface area contributed by atoms with Crippen LogP contribution in [0, 0.1) is 5.82 Å². The summed E-state index contributed by atoms with van der Waals surface area (Å²) in [5.41, 5.74) is 0.811. The van der Waals surface area contributed by atoms with Gasteiger partial charge in [-0.05, 0) is 29.3 Å². The molecule has 6 nitrogen and oxygen atoms in total. The minimum absolute atomic E-state index is 0.318. The van der Waals surface area contributed by atoms with Gasteiger partial charge >= 0.3 is 11.7 Å². The van der Waals surface area contributed by atoms with Crippen molar-refractivity contribution in [2.24, 2.45) is 7.05 Å². The summed E-state index contributed by atoms with van der Waals surface area (Å²) in [6.45, 7) is 0. The standard InChI is InChI=1S/C13H12FN3O3S/c1-17-12(20)15-16-13(17)21-7-9-4-8(2-3-11(18)19)5-10(14)6-9/h2-6H,7H2,1H3,(H,15,20)(H,18,19). The largest absolute Gasteiger partial charge is 0.478 e. The number of rotatable bonds is 5. The highest BCUT2D eigenvalue weighted by atomic mass is 32.2. The summed E-state index contributed by atoms with van der Waals surface area (Å²) in [6, 6.07) is 4.29. The quantitative estimate of drug-likeness (QED) is 0.647. The molecule has 21 heavy (non-hydrogen) atoms. The van der Waals surface area contributed by atoms with Crippen LogP contribution in [0.4, 0.5) is 4.39 Å². The molecule has 2 aromatic rings. The molecule has 8 heteroatoms. The van der Waals surface area contributed by atoms with Gasteiger partial charge < -0.3 is 5.11 Å². The second-order valence-electron chi connectivity index (χ2n) is 4.22. The van der Waals surface area contributed by atoms with Crippen molar-refractivity contribution in [3.8, 4) is 0 Å². The van der Waals surface area contributed by atoms with Gasteiger partial charge in [-0.2, -0.15) is 0 Å². The summed E-state index contributed by atoms with van der Waals surface area (Å²) >= 11 is 1.28. The molecule has 0 spiro atoms. The van der Waals surface area contributed by atoms with E-state index in [1.165, 1.54) is 34.5 Å². The van der Waals surface area contributed by atoms with E-state index in [4.69, 9.17) is 5.11 Å². The van der Waals surface area contributed by atoms with Crippen LogP contribution in [0.1, 0.15) is 11.1 Å². The fourth-order valence-corrected chi connectivity index (χ4v) is 2.48. The van der Waals surface area contributed by atoms with Crippen LogP contribution in [0.15, 0.2) is 34.2 Å². The van der Waals surface area contributed by atoms with E-state index in [0.717, 1.165) is 6.08 Å². The zero-order valence-electron chi connectivity index (χ0n) is 11.0. The molecule has 1 heterocycles. The Labute approximate surface area is 123 Å². The Morgan fingerprint density at radius 3 is 2.90 bits per heavy atom. The average molecular weight is 309 g/mol. The molecule has 0 amide bonds. The third-order valence-corrected chi connectivity index (χ3v) is 3.71. The highest BCUT2D eigenvalue weighted by Crippen LogP contribution is 2.21. The second-order valence-corrected chi connectivity index (χ2v) is 5.17. The Morgan fingerprint density at radius 2 is 2.29 bits per heavy atom. The van der Waals surface area contributed by atoms with Gasteiger partial charge in [-0.15, -0.1) is 5.10 Å². The first-order chi connectivity index (χ1) is 9.95. The van der Waals surface area contributed by atoms with E-state index in [1.54, 1.807) is 13.1 Å². The number of carbonyl (C=O) groups is 1. The van der Waals surface area contributed by atoms with Crippen molar-refractivity contribution in [3.05, 3.63) is 51.7 Å². The van der Waals surface area contributed by atoms with Crippen molar-refractivity contribution in [2.45, 2.75) is 10.9 Å². The van der Waals surface area contributed by atoms with Crippen molar-refractivity contribution in [2.75, 3.05) is 0 Å². The highest BCUT2D eigenvalue weighted by Gasteiger charge is 2.06. The Hall–Kier alpha value is -2.35. The lowest BCUT2D eigenvalue weighted by molar-refractivity contribution is -0.131. The molecule has 0 aliphatic rings. The number of halogens is 1. The number of aliphatic carboxylic acids is 1. The Bertz CT molecular complexity index is 751. The van der Waals surface area contributed by atoms with Gasteiger partial charge in [0, 0.05) is 18.9 Å². The molecule has 0 fully saturated rings. The molecule has 1 aromatic heterocycles. The molecular formula is C13H12FN3O3S. The predicted molar refractivity (Wildman–Crippen MR) is 76.5 cm³/mol. The number of nitrogens with one attached hydrogen (secondary N) is 1. The predicted octanol–water partition coefficient (Wildman–Crippen LogP) is 1.64. The normalized spacial score (nSPS) is 11.1. The van der Waals surface area contributed by atoms with Crippen molar-refractivity contribution in [1.29, 1.82) is 0 Å².